The Hall–Kier alpha value is -2.10. The molecule has 20 heavy (non-hydrogen) atoms. The van der Waals surface area contributed by atoms with E-state index >= 15 is 0 Å². The highest BCUT2D eigenvalue weighted by atomic mass is 16.2. The van der Waals surface area contributed by atoms with Gasteiger partial charge in [-0.05, 0) is 36.6 Å². The maximum absolute atomic E-state index is 11.7. The summed E-state index contributed by atoms with van der Waals surface area (Å²) in [6.45, 7) is 4.10. The minimum absolute atomic E-state index is 0.0888. The Bertz CT molecular complexity index is 474. The first-order valence-electron chi connectivity index (χ1n) is 6.91. The van der Waals surface area contributed by atoms with Gasteiger partial charge in [-0.2, -0.15) is 0 Å². The summed E-state index contributed by atoms with van der Waals surface area (Å²) in [4.78, 5) is 23.1. The normalized spacial score (nSPS) is 10.8. The number of hydrogen-bond donors (Lipinski definition) is 2. The van der Waals surface area contributed by atoms with Gasteiger partial charge in [-0.15, -0.1) is 0 Å². The second kappa shape index (κ2) is 8.15. The van der Waals surface area contributed by atoms with Gasteiger partial charge in [0.05, 0.1) is 0 Å². The summed E-state index contributed by atoms with van der Waals surface area (Å²) in [6.07, 6.45) is 5.12. The Balaban J connectivity index is 2.62. The second-order valence-electron chi connectivity index (χ2n) is 4.56. The Labute approximate surface area is 120 Å². The van der Waals surface area contributed by atoms with Crippen LogP contribution in [0.4, 0.5) is 0 Å². The van der Waals surface area contributed by atoms with Crippen LogP contribution in [0.15, 0.2) is 30.3 Å². The first kappa shape index (κ1) is 16.0. The van der Waals surface area contributed by atoms with Crippen LogP contribution < -0.4 is 10.6 Å². The van der Waals surface area contributed by atoms with Gasteiger partial charge in [-0.3, -0.25) is 9.59 Å². The molecule has 0 spiro atoms. The van der Waals surface area contributed by atoms with Crippen LogP contribution in [0.3, 0.4) is 0 Å². The molecule has 0 aliphatic carbocycles. The molecule has 0 unspecified atom stereocenters. The Morgan fingerprint density at radius 1 is 1.15 bits per heavy atom. The molecule has 0 aromatic heterocycles. The molecule has 0 aliphatic rings. The van der Waals surface area contributed by atoms with E-state index in [2.05, 4.69) is 24.5 Å². The summed E-state index contributed by atoms with van der Waals surface area (Å²) in [5, 5.41) is 5.50. The molecule has 1 aromatic rings. The third kappa shape index (κ3) is 4.88. The molecule has 2 amide bonds. The maximum Gasteiger partial charge on any atom is 0.251 e. The van der Waals surface area contributed by atoms with Crippen molar-refractivity contribution in [3.8, 4) is 0 Å². The lowest BCUT2D eigenvalue weighted by Crippen LogP contribution is -2.32. The molecule has 0 saturated heterocycles. The van der Waals surface area contributed by atoms with Crippen molar-refractivity contribution in [1.82, 2.24) is 10.6 Å². The third-order valence-corrected chi connectivity index (χ3v) is 3.16. The predicted molar refractivity (Wildman–Crippen MR) is 81.4 cm³/mol. The van der Waals surface area contributed by atoms with Crippen molar-refractivity contribution in [3.63, 3.8) is 0 Å². The van der Waals surface area contributed by atoms with Gasteiger partial charge in [0.15, 0.2) is 0 Å². The zero-order chi connectivity index (χ0) is 15.0. The van der Waals surface area contributed by atoms with Crippen LogP contribution in [0.2, 0.25) is 0 Å². The summed E-state index contributed by atoms with van der Waals surface area (Å²) in [5.74, 6) is -0.207. The van der Waals surface area contributed by atoms with Crippen LogP contribution in [0, 0.1) is 0 Å². The van der Waals surface area contributed by atoms with Crippen molar-refractivity contribution in [2.45, 2.75) is 32.7 Å². The number of carbonyl (C=O) groups is 2. The standard InChI is InChI=1S/C16H22N2O2/c1-4-14(5-2)18-15(19)11-8-12-6-9-13(10-7-12)16(20)17-3/h6-11,14H,4-5H2,1-3H3,(H,17,20)(H,18,19)/b11-8+. The quantitative estimate of drug-likeness (QED) is 0.782. The molecule has 0 radical (unpaired) electrons. The fourth-order valence-corrected chi connectivity index (χ4v) is 1.80. The van der Waals surface area contributed by atoms with Crippen LogP contribution in [-0.4, -0.2) is 24.9 Å². The van der Waals surface area contributed by atoms with Gasteiger partial charge in [-0.1, -0.05) is 26.0 Å². The van der Waals surface area contributed by atoms with Gasteiger partial charge in [0.1, 0.15) is 0 Å². The molecule has 2 N–H and O–H groups in total. The largest absolute Gasteiger partial charge is 0.355 e. The molecular weight excluding hydrogens is 252 g/mol. The predicted octanol–water partition coefficient (Wildman–Crippen LogP) is 2.36. The number of carbonyl (C=O) groups excluding carboxylic acids is 2. The number of benzene rings is 1. The molecule has 1 rings (SSSR count). The zero-order valence-corrected chi connectivity index (χ0v) is 12.3. The van der Waals surface area contributed by atoms with Crippen LogP contribution in [0.5, 0.6) is 0 Å². The van der Waals surface area contributed by atoms with E-state index in [0.29, 0.717) is 5.56 Å². The fraction of sp³-hybridized carbons (Fsp3) is 0.375. The van der Waals surface area contributed by atoms with Gasteiger partial charge < -0.3 is 10.6 Å². The molecule has 108 valence electrons. The van der Waals surface area contributed by atoms with Crippen molar-refractivity contribution in [2.24, 2.45) is 0 Å². The maximum atomic E-state index is 11.7. The Kier molecular flexibility index (Phi) is 6.50. The zero-order valence-electron chi connectivity index (χ0n) is 12.3. The SMILES string of the molecule is CCC(CC)NC(=O)/C=C/c1ccc(C(=O)NC)cc1. The second-order valence-corrected chi connectivity index (χ2v) is 4.56. The van der Waals surface area contributed by atoms with Crippen LogP contribution in [0.25, 0.3) is 6.08 Å². The van der Waals surface area contributed by atoms with Crippen LogP contribution in [-0.2, 0) is 4.79 Å². The van der Waals surface area contributed by atoms with Gasteiger partial charge in [0.25, 0.3) is 5.91 Å². The summed E-state index contributed by atoms with van der Waals surface area (Å²) >= 11 is 0. The molecule has 1 aromatic carbocycles. The molecule has 0 saturated carbocycles. The van der Waals surface area contributed by atoms with Gasteiger partial charge in [0.2, 0.25) is 5.91 Å². The smallest absolute Gasteiger partial charge is 0.251 e. The highest BCUT2D eigenvalue weighted by molar-refractivity contribution is 5.94. The first-order valence-corrected chi connectivity index (χ1v) is 6.91. The van der Waals surface area contributed by atoms with Gasteiger partial charge in [-0.25, -0.2) is 0 Å². The summed E-state index contributed by atoms with van der Waals surface area (Å²) in [7, 11) is 1.60. The fourth-order valence-electron chi connectivity index (χ4n) is 1.80. The van der Waals surface area contributed by atoms with Crippen molar-refractivity contribution in [1.29, 1.82) is 0 Å². The van der Waals surface area contributed by atoms with E-state index in [4.69, 9.17) is 0 Å². The molecule has 0 aliphatic heterocycles. The molecule has 4 heteroatoms. The monoisotopic (exact) mass is 274 g/mol. The Morgan fingerprint density at radius 3 is 2.25 bits per heavy atom. The lowest BCUT2D eigenvalue weighted by molar-refractivity contribution is -0.117. The van der Waals surface area contributed by atoms with E-state index < -0.39 is 0 Å². The number of nitrogens with one attached hydrogen (secondary N) is 2. The Morgan fingerprint density at radius 2 is 1.75 bits per heavy atom. The van der Waals surface area contributed by atoms with E-state index in [0.717, 1.165) is 18.4 Å². The van der Waals surface area contributed by atoms with E-state index in [1.54, 1.807) is 25.3 Å². The van der Waals surface area contributed by atoms with Gasteiger partial charge in [0, 0.05) is 24.7 Å². The molecular formula is C16H22N2O2. The molecule has 4 nitrogen and oxygen atoms in total. The lowest BCUT2D eigenvalue weighted by atomic mass is 10.1. The van der Waals surface area contributed by atoms with E-state index in [1.165, 1.54) is 6.08 Å². The number of rotatable bonds is 6. The first-order chi connectivity index (χ1) is 9.60. The topological polar surface area (TPSA) is 58.2 Å². The molecule has 0 heterocycles. The lowest BCUT2D eigenvalue weighted by Gasteiger charge is -2.12. The summed E-state index contributed by atoms with van der Waals surface area (Å²) < 4.78 is 0. The summed E-state index contributed by atoms with van der Waals surface area (Å²) in [5.41, 5.74) is 1.49. The average Bonchev–Trinajstić information content (AvgIpc) is 2.50. The number of hydrogen-bond acceptors (Lipinski definition) is 2. The highest BCUT2D eigenvalue weighted by Crippen LogP contribution is 2.06. The van der Waals surface area contributed by atoms with E-state index in [9.17, 15) is 9.59 Å². The van der Waals surface area contributed by atoms with Crippen LogP contribution in [0.1, 0.15) is 42.6 Å². The molecule has 0 fully saturated rings. The summed E-state index contributed by atoms with van der Waals surface area (Å²) in [6, 6.07) is 7.31. The average molecular weight is 274 g/mol. The van der Waals surface area contributed by atoms with Crippen molar-refractivity contribution in [3.05, 3.63) is 41.5 Å². The van der Waals surface area contributed by atoms with E-state index in [-0.39, 0.29) is 17.9 Å². The third-order valence-electron chi connectivity index (χ3n) is 3.16. The highest BCUT2D eigenvalue weighted by Gasteiger charge is 2.05. The van der Waals surface area contributed by atoms with Crippen molar-refractivity contribution >= 4 is 17.9 Å². The van der Waals surface area contributed by atoms with Crippen LogP contribution >= 0.6 is 0 Å². The minimum Gasteiger partial charge on any atom is -0.355 e. The minimum atomic E-state index is -0.119. The van der Waals surface area contributed by atoms with E-state index in [1.807, 2.05) is 12.1 Å². The van der Waals surface area contributed by atoms with Crippen molar-refractivity contribution < 1.29 is 9.59 Å². The van der Waals surface area contributed by atoms with Crippen molar-refractivity contribution in [2.75, 3.05) is 7.05 Å². The number of amides is 2. The van der Waals surface area contributed by atoms with Gasteiger partial charge >= 0.3 is 0 Å². The molecule has 0 bridgehead atoms. The molecule has 0 atom stereocenters.